The van der Waals surface area contributed by atoms with Gasteiger partial charge < -0.3 is 18.4 Å². The number of quaternary nitrogens is 1. The second-order valence-corrected chi connectivity index (χ2v) is 6.60. The molecule has 17 heavy (non-hydrogen) atoms. The number of phosphoric ester groups is 1. The van der Waals surface area contributed by atoms with E-state index in [1.165, 1.54) is 0 Å². The molecular weight excluding hydrogens is 241 g/mol. The Hall–Kier alpha value is 0.0700. The van der Waals surface area contributed by atoms with E-state index in [1.807, 2.05) is 21.1 Å². The molecule has 0 N–H and O–H groups in total. The molecule has 0 heterocycles. The molecule has 0 aliphatic heterocycles. The number of hydrogen-bond acceptors (Lipinski definition) is 4. The summed E-state index contributed by atoms with van der Waals surface area (Å²) < 4.78 is 21.5. The van der Waals surface area contributed by atoms with Crippen molar-refractivity contribution in [3.63, 3.8) is 0 Å². The van der Waals surface area contributed by atoms with E-state index in [0.717, 1.165) is 25.7 Å². The number of likely N-dealkylation sites (N-methyl/N-ethyl adjacent to an activating group) is 1. The van der Waals surface area contributed by atoms with Crippen molar-refractivity contribution >= 4 is 7.82 Å². The Kier molecular flexibility index (Phi) is 8.25. The van der Waals surface area contributed by atoms with Crippen LogP contribution in [0, 0.1) is 0 Å². The van der Waals surface area contributed by atoms with Gasteiger partial charge in [0, 0.05) is 0 Å². The normalized spacial score (nSPS) is 15.8. The Labute approximate surface area is 105 Å². The smallest absolute Gasteiger partial charge is 0.268 e. The predicted octanol–water partition coefficient (Wildman–Crippen LogP) is 1.77. The molecule has 5 nitrogen and oxygen atoms in total. The Morgan fingerprint density at radius 3 is 2.18 bits per heavy atom. The number of nitrogens with zero attached hydrogens (tertiary/aromatic N) is 1. The fourth-order valence-electron chi connectivity index (χ4n) is 1.17. The molecule has 0 aromatic carbocycles. The third kappa shape index (κ3) is 12.3. The van der Waals surface area contributed by atoms with Crippen LogP contribution in [0.25, 0.3) is 0 Å². The van der Waals surface area contributed by atoms with E-state index in [1.54, 1.807) is 0 Å². The van der Waals surface area contributed by atoms with Crippen LogP contribution < -0.4 is 4.89 Å². The van der Waals surface area contributed by atoms with Crippen LogP contribution in [0.5, 0.6) is 0 Å². The molecule has 0 saturated carbocycles. The van der Waals surface area contributed by atoms with Gasteiger partial charge in [0.1, 0.15) is 13.2 Å². The van der Waals surface area contributed by atoms with Crippen molar-refractivity contribution < 1.29 is 23.0 Å². The highest BCUT2D eigenvalue weighted by Gasteiger charge is 2.12. The molecule has 1 atom stereocenters. The average molecular weight is 267 g/mol. The molecule has 1 unspecified atom stereocenters. The molecule has 0 aliphatic rings. The lowest BCUT2D eigenvalue weighted by Crippen LogP contribution is -2.37. The van der Waals surface area contributed by atoms with Gasteiger partial charge in [0.2, 0.25) is 0 Å². The Morgan fingerprint density at radius 1 is 1.06 bits per heavy atom. The SMILES string of the molecule is CCCCCCOP(=O)([O-])OCC[N+](C)(C)C. The lowest BCUT2D eigenvalue weighted by atomic mass is 10.2. The topological polar surface area (TPSA) is 58.6 Å². The highest BCUT2D eigenvalue weighted by molar-refractivity contribution is 7.45. The molecule has 104 valence electrons. The average Bonchev–Trinajstić information content (AvgIpc) is 2.14. The van der Waals surface area contributed by atoms with Crippen LogP contribution in [-0.2, 0) is 13.6 Å². The first-order chi connectivity index (χ1) is 7.77. The molecule has 0 aromatic heterocycles. The minimum absolute atomic E-state index is 0.166. The molecule has 0 spiro atoms. The largest absolute Gasteiger partial charge is 0.756 e. The molecule has 0 rings (SSSR count). The van der Waals surface area contributed by atoms with Crippen molar-refractivity contribution in [2.75, 3.05) is 40.9 Å². The van der Waals surface area contributed by atoms with Gasteiger partial charge >= 0.3 is 0 Å². The van der Waals surface area contributed by atoms with Crippen molar-refractivity contribution in [1.82, 2.24) is 0 Å². The quantitative estimate of drug-likeness (QED) is 0.344. The Morgan fingerprint density at radius 2 is 1.65 bits per heavy atom. The highest BCUT2D eigenvalue weighted by Crippen LogP contribution is 2.38. The summed E-state index contributed by atoms with van der Waals surface area (Å²) in [5, 5.41) is 0. The van der Waals surface area contributed by atoms with E-state index in [0.29, 0.717) is 11.0 Å². The minimum atomic E-state index is -4.09. The number of hydrogen-bond donors (Lipinski definition) is 0. The van der Waals surface area contributed by atoms with Gasteiger partial charge in [-0.05, 0) is 6.42 Å². The molecule has 0 saturated heterocycles. The van der Waals surface area contributed by atoms with E-state index in [9.17, 15) is 9.46 Å². The standard InChI is InChI=1S/C11H26NO4P/c1-5-6-7-8-10-15-17(13,14)16-11-9-12(2,3)4/h5-11H2,1-4H3. The maximum atomic E-state index is 11.3. The summed E-state index contributed by atoms with van der Waals surface area (Å²) in [5.74, 6) is 0. The van der Waals surface area contributed by atoms with Crippen LogP contribution in [0.2, 0.25) is 0 Å². The van der Waals surface area contributed by atoms with Gasteiger partial charge in [-0.1, -0.05) is 26.2 Å². The van der Waals surface area contributed by atoms with Gasteiger partial charge in [0.15, 0.2) is 0 Å². The zero-order chi connectivity index (χ0) is 13.4. The van der Waals surface area contributed by atoms with Crippen LogP contribution in [0.3, 0.4) is 0 Å². The van der Waals surface area contributed by atoms with Crippen molar-refractivity contribution in [2.45, 2.75) is 32.6 Å². The summed E-state index contributed by atoms with van der Waals surface area (Å²) in [5.41, 5.74) is 0. The third-order valence-electron chi connectivity index (χ3n) is 2.26. The second kappa shape index (κ2) is 8.22. The van der Waals surface area contributed by atoms with E-state index >= 15 is 0 Å². The summed E-state index contributed by atoms with van der Waals surface area (Å²) in [6, 6.07) is 0. The molecule has 6 heteroatoms. The van der Waals surface area contributed by atoms with Crippen LogP contribution in [0.4, 0.5) is 0 Å². The predicted molar refractivity (Wildman–Crippen MR) is 66.6 cm³/mol. The third-order valence-corrected chi connectivity index (χ3v) is 3.26. The summed E-state index contributed by atoms with van der Waals surface area (Å²) in [7, 11) is 1.84. The summed E-state index contributed by atoms with van der Waals surface area (Å²) >= 11 is 0. The lowest BCUT2D eigenvalue weighted by Gasteiger charge is -2.27. The first-order valence-electron chi connectivity index (χ1n) is 6.17. The van der Waals surface area contributed by atoms with Crippen molar-refractivity contribution in [3.8, 4) is 0 Å². The van der Waals surface area contributed by atoms with Crippen LogP contribution in [0.15, 0.2) is 0 Å². The van der Waals surface area contributed by atoms with Crippen molar-refractivity contribution in [3.05, 3.63) is 0 Å². The van der Waals surface area contributed by atoms with E-state index in [2.05, 4.69) is 6.92 Å². The van der Waals surface area contributed by atoms with Crippen LogP contribution >= 0.6 is 7.82 Å². The zero-order valence-corrected chi connectivity index (χ0v) is 12.4. The van der Waals surface area contributed by atoms with Gasteiger partial charge in [0.25, 0.3) is 7.82 Å². The second-order valence-electron chi connectivity index (χ2n) is 5.19. The van der Waals surface area contributed by atoms with Gasteiger partial charge in [-0.15, -0.1) is 0 Å². The Bertz CT molecular complexity index is 240. The van der Waals surface area contributed by atoms with E-state index < -0.39 is 7.82 Å². The first kappa shape index (κ1) is 17.1. The van der Waals surface area contributed by atoms with Gasteiger partial charge in [0.05, 0.1) is 27.7 Å². The number of phosphoric acid groups is 1. The highest BCUT2D eigenvalue weighted by atomic mass is 31.2. The molecule has 0 aliphatic carbocycles. The Balaban J connectivity index is 3.62. The molecule has 0 bridgehead atoms. The van der Waals surface area contributed by atoms with Gasteiger partial charge in [-0.2, -0.15) is 0 Å². The monoisotopic (exact) mass is 267 g/mol. The molecule has 0 fully saturated rings. The lowest BCUT2D eigenvalue weighted by molar-refractivity contribution is -0.870. The summed E-state index contributed by atoms with van der Waals surface area (Å²) in [4.78, 5) is 11.3. The van der Waals surface area contributed by atoms with E-state index in [4.69, 9.17) is 9.05 Å². The molecule has 0 amide bonds. The molecule has 0 radical (unpaired) electrons. The van der Waals surface area contributed by atoms with Crippen LogP contribution in [0.1, 0.15) is 32.6 Å². The van der Waals surface area contributed by atoms with Crippen molar-refractivity contribution in [2.24, 2.45) is 0 Å². The van der Waals surface area contributed by atoms with Crippen molar-refractivity contribution in [1.29, 1.82) is 0 Å². The minimum Gasteiger partial charge on any atom is -0.756 e. The number of rotatable bonds is 10. The molecular formula is C11H26NO4P. The first-order valence-corrected chi connectivity index (χ1v) is 7.63. The zero-order valence-electron chi connectivity index (χ0n) is 11.5. The maximum absolute atomic E-state index is 11.3. The summed E-state index contributed by atoms with van der Waals surface area (Å²) in [6.45, 7) is 3.13. The molecule has 0 aromatic rings. The van der Waals surface area contributed by atoms with Gasteiger partial charge in [-0.25, -0.2) is 0 Å². The van der Waals surface area contributed by atoms with Gasteiger partial charge in [-0.3, -0.25) is 4.57 Å². The number of unbranched alkanes of at least 4 members (excludes halogenated alkanes) is 3. The van der Waals surface area contributed by atoms with Crippen LogP contribution in [-0.4, -0.2) is 45.4 Å². The van der Waals surface area contributed by atoms with E-state index in [-0.39, 0.29) is 13.2 Å². The maximum Gasteiger partial charge on any atom is 0.268 e. The fourth-order valence-corrected chi connectivity index (χ4v) is 1.90. The summed E-state index contributed by atoms with van der Waals surface area (Å²) in [6.07, 6.45) is 3.98. The fraction of sp³-hybridized carbons (Fsp3) is 1.00.